The van der Waals surface area contributed by atoms with Gasteiger partial charge in [0.05, 0.1) is 5.60 Å². The van der Waals surface area contributed by atoms with Gasteiger partial charge in [0.2, 0.25) is 0 Å². The zero-order valence-electron chi connectivity index (χ0n) is 17.6. The van der Waals surface area contributed by atoms with Crippen LogP contribution in [0.5, 0.6) is 5.75 Å². The van der Waals surface area contributed by atoms with Crippen molar-refractivity contribution >= 4 is 0 Å². The van der Waals surface area contributed by atoms with Gasteiger partial charge >= 0.3 is 6.36 Å². The molecule has 1 aromatic rings. The van der Waals surface area contributed by atoms with E-state index in [2.05, 4.69) is 35.4 Å². The van der Waals surface area contributed by atoms with Crippen LogP contribution in [0.4, 0.5) is 13.2 Å². The van der Waals surface area contributed by atoms with E-state index in [-0.39, 0.29) is 11.7 Å². The first-order valence-electron chi connectivity index (χ1n) is 10.6. The molecule has 2 fully saturated rings. The predicted octanol–water partition coefficient (Wildman–Crippen LogP) is 4.39. The van der Waals surface area contributed by atoms with Crippen LogP contribution in [0.1, 0.15) is 57.4 Å². The number of likely N-dealkylation sites (N-methyl/N-ethyl adjacent to an activating group) is 1. The third kappa shape index (κ3) is 5.64. The molecule has 0 spiro atoms. The van der Waals surface area contributed by atoms with Crippen LogP contribution in [-0.4, -0.2) is 65.6 Å². The number of hydrogen-bond acceptors (Lipinski definition) is 4. The third-order valence-corrected chi connectivity index (χ3v) is 6.74. The molecule has 0 bridgehead atoms. The van der Waals surface area contributed by atoms with Crippen LogP contribution in [-0.2, 0) is 0 Å². The van der Waals surface area contributed by atoms with Crippen LogP contribution in [0.25, 0.3) is 0 Å². The Morgan fingerprint density at radius 1 is 1.14 bits per heavy atom. The quantitative estimate of drug-likeness (QED) is 0.775. The Kier molecular flexibility index (Phi) is 6.81. The number of ether oxygens (including phenoxy) is 1. The maximum absolute atomic E-state index is 12.7. The van der Waals surface area contributed by atoms with Crippen molar-refractivity contribution in [3.63, 3.8) is 0 Å². The van der Waals surface area contributed by atoms with Crippen molar-refractivity contribution in [2.45, 2.75) is 75.9 Å². The summed E-state index contributed by atoms with van der Waals surface area (Å²) in [6, 6.07) is 6.96. The maximum atomic E-state index is 12.7. The van der Waals surface area contributed by atoms with E-state index in [4.69, 9.17) is 0 Å². The lowest BCUT2D eigenvalue weighted by Gasteiger charge is -2.46. The van der Waals surface area contributed by atoms with E-state index in [9.17, 15) is 18.3 Å². The molecular formula is C22H33F3N2O2. The fourth-order valence-corrected chi connectivity index (χ4v) is 4.95. The van der Waals surface area contributed by atoms with Crippen molar-refractivity contribution in [2.24, 2.45) is 0 Å². The SMILES string of the molecule is CC1CN(CC(c2cccc(OC(F)(F)F)c2)C2(O)CCCCC2)CC(C)N1C. The maximum Gasteiger partial charge on any atom is 0.573 e. The summed E-state index contributed by atoms with van der Waals surface area (Å²) in [6.07, 6.45) is -0.378. The fraction of sp³-hybridized carbons (Fsp3) is 0.727. The minimum atomic E-state index is -4.72. The summed E-state index contributed by atoms with van der Waals surface area (Å²) in [5.41, 5.74) is -0.180. The number of aliphatic hydroxyl groups is 1. The number of hydrogen-bond donors (Lipinski definition) is 1. The highest BCUT2D eigenvalue weighted by Gasteiger charge is 2.41. The molecule has 7 heteroatoms. The Morgan fingerprint density at radius 3 is 2.34 bits per heavy atom. The third-order valence-electron chi connectivity index (χ3n) is 6.74. The summed E-state index contributed by atoms with van der Waals surface area (Å²) < 4.78 is 42.3. The van der Waals surface area contributed by atoms with Crippen molar-refractivity contribution in [3.05, 3.63) is 29.8 Å². The van der Waals surface area contributed by atoms with Crippen molar-refractivity contribution in [1.82, 2.24) is 9.80 Å². The lowest BCUT2D eigenvalue weighted by atomic mass is 9.72. The molecular weight excluding hydrogens is 381 g/mol. The molecule has 1 saturated carbocycles. The molecule has 164 valence electrons. The first kappa shape index (κ1) is 22.4. The van der Waals surface area contributed by atoms with Gasteiger partial charge in [0, 0.05) is 37.6 Å². The average Bonchev–Trinajstić information content (AvgIpc) is 2.63. The molecule has 0 radical (unpaired) electrons. The number of benzene rings is 1. The highest BCUT2D eigenvalue weighted by Crippen LogP contribution is 2.42. The van der Waals surface area contributed by atoms with Crippen LogP contribution in [0.15, 0.2) is 24.3 Å². The largest absolute Gasteiger partial charge is 0.573 e. The monoisotopic (exact) mass is 414 g/mol. The van der Waals surface area contributed by atoms with Gasteiger partial charge in [-0.05, 0) is 51.4 Å². The van der Waals surface area contributed by atoms with Gasteiger partial charge in [-0.3, -0.25) is 9.80 Å². The first-order chi connectivity index (χ1) is 13.6. The Balaban J connectivity index is 1.87. The summed E-state index contributed by atoms with van der Waals surface area (Å²) >= 11 is 0. The van der Waals surface area contributed by atoms with Crippen LogP contribution >= 0.6 is 0 Å². The topological polar surface area (TPSA) is 35.9 Å². The lowest BCUT2D eigenvalue weighted by molar-refractivity contribution is -0.274. The van der Waals surface area contributed by atoms with Gasteiger partial charge in [-0.2, -0.15) is 0 Å². The number of alkyl halides is 3. The van der Waals surface area contributed by atoms with Crippen LogP contribution in [0.3, 0.4) is 0 Å². The van der Waals surface area contributed by atoms with Crippen LogP contribution in [0.2, 0.25) is 0 Å². The molecule has 1 aliphatic heterocycles. The van der Waals surface area contributed by atoms with E-state index in [0.717, 1.165) is 37.9 Å². The van der Waals surface area contributed by atoms with Crippen LogP contribution < -0.4 is 4.74 Å². The molecule has 1 aromatic carbocycles. The second kappa shape index (κ2) is 8.82. The molecule has 29 heavy (non-hydrogen) atoms. The minimum absolute atomic E-state index is 0.223. The summed E-state index contributed by atoms with van der Waals surface area (Å²) in [5, 5.41) is 11.5. The van der Waals surface area contributed by atoms with Gasteiger partial charge in [-0.1, -0.05) is 31.4 Å². The summed E-state index contributed by atoms with van der Waals surface area (Å²) in [4.78, 5) is 4.70. The van der Waals surface area contributed by atoms with E-state index in [1.165, 1.54) is 12.1 Å². The molecule has 2 aliphatic rings. The van der Waals surface area contributed by atoms with Crippen molar-refractivity contribution < 1.29 is 23.0 Å². The Bertz CT molecular complexity index is 664. The smallest absolute Gasteiger partial charge is 0.406 e. The number of piperazine rings is 1. The molecule has 3 unspecified atom stereocenters. The second-order valence-electron chi connectivity index (χ2n) is 8.92. The summed E-state index contributed by atoms with van der Waals surface area (Å²) in [7, 11) is 2.12. The van der Waals surface area contributed by atoms with Gasteiger partial charge in [0.15, 0.2) is 0 Å². The van der Waals surface area contributed by atoms with Crippen molar-refractivity contribution in [1.29, 1.82) is 0 Å². The first-order valence-corrected chi connectivity index (χ1v) is 10.6. The highest BCUT2D eigenvalue weighted by molar-refractivity contribution is 5.33. The molecule has 1 aliphatic carbocycles. The molecule has 0 amide bonds. The Morgan fingerprint density at radius 2 is 1.76 bits per heavy atom. The average molecular weight is 415 g/mol. The molecule has 1 saturated heterocycles. The van der Waals surface area contributed by atoms with Crippen molar-refractivity contribution in [2.75, 3.05) is 26.7 Å². The molecule has 3 rings (SSSR count). The molecule has 1 N–H and O–H groups in total. The highest BCUT2D eigenvalue weighted by atomic mass is 19.4. The van der Waals surface area contributed by atoms with E-state index in [1.54, 1.807) is 6.07 Å². The van der Waals surface area contributed by atoms with Crippen LogP contribution in [0, 0.1) is 0 Å². The standard InChI is InChI=1S/C22H33F3N2O2/c1-16-13-27(14-17(2)26(16)3)15-20(21(28)10-5-4-6-11-21)18-8-7-9-19(12-18)29-22(23,24)25/h7-9,12,16-17,20,28H,4-6,10-11,13-15H2,1-3H3. The van der Waals surface area contributed by atoms with Gasteiger partial charge in [-0.15, -0.1) is 13.2 Å². The van der Waals surface area contributed by atoms with Gasteiger partial charge in [-0.25, -0.2) is 0 Å². The predicted molar refractivity (Wildman–Crippen MR) is 107 cm³/mol. The van der Waals surface area contributed by atoms with E-state index in [0.29, 0.717) is 31.5 Å². The van der Waals surface area contributed by atoms with E-state index >= 15 is 0 Å². The summed E-state index contributed by atoms with van der Waals surface area (Å²) in [5.74, 6) is -0.470. The van der Waals surface area contributed by atoms with Crippen molar-refractivity contribution in [3.8, 4) is 5.75 Å². The number of nitrogens with zero attached hydrogens (tertiary/aromatic N) is 2. The summed E-state index contributed by atoms with van der Waals surface area (Å²) in [6.45, 7) is 6.77. The van der Waals surface area contributed by atoms with Gasteiger partial charge < -0.3 is 9.84 Å². The molecule has 1 heterocycles. The molecule has 4 nitrogen and oxygen atoms in total. The minimum Gasteiger partial charge on any atom is -0.406 e. The zero-order valence-corrected chi connectivity index (χ0v) is 17.6. The van der Waals surface area contributed by atoms with E-state index < -0.39 is 12.0 Å². The molecule has 0 aromatic heterocycles. The number of rotatable bonds is 5. The normalized spacial score (nSPS) is 27.6. The van der Waals surface area contributed by atoms with Gasteiger partial charge in [0.1, 0.15) is 5.75 Å². The Labute approximate surface area is 171 Å². The van der Waals surface area contributed by atoms with E-state index in [1.807, 2.05) is 6.07 Å². The van der Waals surface area contributed by atoms with Gasteiger partial charge in [0.25, 0.3) is 0 Å². The Hall–Kier alpha value is -1.31. The fourth-order valence-electron chi connectivity index (χ4n) is 4.95. The molecule has 3 atom stereocenters. The number of halogens is 3. The zero-order chi connectivity index (χ0) is 21.2. The second-order valence-corrected chi connectivity index (χ2v) is 8.92. The lowest BCUT2D eigenvalue weighted by Crippen LogP contribution is -2.57.